The summed E-state index contributed by atoms with van der Waals surface area (Å²) in [4.78, 5) is 12.5. The van der Waals surface area contributed by atoms with Gasteiger partial charge in [-0.15, -0.1) is 6.58 Å². The van der Waals surface area contributed by atoms with Gasteiger partial charge in [0.25, 0.3) is 0 Å². The summed E-state index contributed by atoms with van der Waals surface area (Å²) in [6, 6.07) is 20.0. The van der Waals surface area contributed by atoms with Crippen molar-refractivity contribution in [3.63, 3.8) is 0 Å². The fraction of sp³-hybridized carbons (Fsp3) is 0.129. The summed E-state index contributed by atoms with van der Waals surface area (Å²) in [7, 11) is 0. The largest absolute Gasteiger partial charge is 0.493 e. The second-order valence-electron chi connectivity index (χ2n) is 8.49. The minimum absolute atomic E-state index is 0.0703. The Morgan fingerprint density at radius 1 is 0.811 bits per heavy atom. The van der Waals surface area contributed by atoms with Gasteiger partial charge in [0.2, 0.25) is 0 Å². The Morgan fingerprint density at radius 2 is 1.38 bits per heavy atom. The molecular weight excluding hydrogens is 477 g/mol. The molecule has 6 heteroatoms. The van der Waals surface area contributed by atoms with Gasteiger partial charge in [-0.05, 0) is 55.2 Å². The molecule has 4 aromatic rings. The highest BCUT2D eigenvalue weighted by Gasteiger charge is 2.18. The molecule has 4 aromatic carbocycles. The maximum absolute atomic E-state index is 14.9. The number of esters is 1. The summed E-state index contributed by atoms with van der Waals surface area (Å²) in [6.45, 7) is 5.95. The summed E-state index contributed by atoms with van der Waals surface area (Å²) < 4.78 is 54.9. The maximum atomic E-state index is 14.9. The van der Waals surface area contributed by atoms with Crippen LogP contribution in [0.2, 0.25) is 0 Å². The Kier molecular flexibility index (Phi) is 8.08. The molecule has 4 rings (SSSR count). The summed E-state index contributed by atoms with van der Waals surface area (Å²) >= 11 is 0. The molecule has 0 heterocycles. The van der Waals surface area contributed by atoms with Crippen molar-refractivity contribution in [2.45, 2.75) is 19.8 Å². The van der Waals surface area contributed by atoms with Crippen molar-refractivity contribution in [1.29, 1.82) is 0 Å². The molecule has 0 spiro atoms. The summed E-state index contributed by atoms with van der Waals surface area (Å²) in [5.41, 5.74) is 1.99. The number of unbranched alkanes of at least 4 members (excludes halogenated alkanes) is 1. The first kappa shape index (κ1) is 25.8. The monoisotopic (exact) mass is 502 g/mol. The number of carbonyl (C=O) groups excluding carboxylic acids is 1. The number of benzene rings is 4. The van der Waals surface area contributed by atoms with E-state index in [9.17, 15) is 18.0 Å². The first-order valence-corrected chi connectivity index (χ1v) is 11.8. The first-order valence-electron chi connectivity index (χ1n) is 11.8. The van der Waals surface area contributed by atoms with Gasteiger partial charge in [0.1, 0.15) is 17.3 Å². The van der Waals surface area contributed by atoms with Gasteiger partial charge in [0, 0.05) is 17.2 Å². The van der Waals surface area contributed by atoms with Crippen LogP contribution in [-0.4, -0.2) is 12.6 Å². The highest BCUT2D eigenvalue weighted by Crippen LogP contribution is 2.32. The standard InChI is InChI=1S/C31H25F3O3/c1-3-4-5-18-36-24-14-15-27(28(32)19-24)31(35)37-23-12-10-22(11-13-23)26-17-16-25(29(33)30(26)34)21-8-6-20(2)7-9-21/h3,6-17,19H,1,4-5,18H2,2H3. The van der Waals surface area contributed by atoms with Crippen LogP contribution in [0.25, 0.3) is 22.3 Å². The Morgan fingerprint density at radius 3 is 1.95 bits per heavy atom. The fourth-order valence-corrected chi connectivity index (χ4v) is 3.76. The molecule has 0 radical (unpaired) electrons. The number of hydrogen-bond donors (Lipinski definition) is 0. The van der Waals surface area contributed by atoms with E-state index in [1.807, 2.05) is 19.1 Å². The predicted molar refractivity (Wildman–Crippen MR) is 138 cm³/mol. The van der Waals surface area contributed by atoms with E-state index in [4.69, 9.17) is 9.47 Å². The van der Waals surface area contributed by atoms with Gasteiger partial charge in [-0.3, -0.25) is 0 Å². The van der Waals surface area contributed by atoms with Crippen molar-refractivity contribution in [1.82, 2.24) is 0 Å². The van der Waals surface area contributed by atoms with Crippen LogP contribution in [0.5, 0.6) is 11.5 Å². The van der Waals surface area contributed by atoms with E-state index in [-0.39, 0.29) is 22.4 Å². The molecule has 0 bridgehead atoms. The van der Waals surface area contributed by atoms with Gasteiger partial charge in [-0.25, -0.2) is 18.0 Å². The van der Waals surface area contributed by atoms with Gasteiger partial charge >= 0.3 is 5.97 Å². The molecule has 0 aliphatic rings. The van der Waals surface area contributed by atoms with E-state index in [0.717, 1.165) is 24.5 Å². The molecule has 3 nitrogen and oxygen atoms in total. The zero-order valence-corrected chi connectivity index (χ0v) is 20.3. The van der Waals surface area contributed by atoms with Crippen LogP contribution in [0.3, 0.4) is 0 Å². The third-order valence-corrected chi connectivity index (χ3v) is 5.80. The van der Waals surface area contributed by atoms with Crippen molar-refractivity contribution in [3.05, 3.63) is 120 Å². The molecule has 0 N–H and O–H groups in total. The van der Waals surface area contributed by atoms with Crippen molar-refractivity contribution in [2.75, 3.05) is 6.61 Å². The van der Waals surface area contributed by atoms with Gasteiger partial charge in [-0.2, -0.15) is 0 Å². The zero-order chi connectivity index (χ0) is 26.4. The summed E-state index contributed by atoms with van der Waals surface area (Å²) in [6.07, 6.45) is 3.30. The Labute approximate surface area is 213 Å². The molecule has 0 aliphatic carbocycles. The molecule has 0 atom stereocenters. The lowest BCUT2D eigenvalue weighted by Gasteiger charge is -2.11. The second kappa shape index (κ2) is 11.6. The summed E-state index contributed by atoms with van der Waals surface area (Å²) in [5, 5.41) is 0. The van der Waals surface area contributed by atoms with Gasteiger partial charge in [0.05, 0.1) is 12.2 Å². The maximum Gasteiger partial charge on any atom is 0.346 e. The number of rotatable bonds is 9. The Hall–Kier alpha value is -4.32. The number of hydrogen-bond acceptors (Lipinski definition) is 3. The normalized spacial score (nSPS) is 10.7. The molecule has 0 aromatic heterocycles. The van der Waals surface area contributed by atoms with E-state index in [2.05, 4.69) is 6.58 Å². The van der Waals surface area contributed by atoms with Crippen molar-refractivity contribution >= 4 is 5.97 Å². The average molecular weight is 503 g/mol. The zero-order valence-electron chi connectivity index (χ0n) is 20.3. The molecule has 37 heavy (non-hydrogen) atoms. The van der Waals surface area contributed by atoms with E-state index >= 15 is 0 Å². The molecule has 0 aliphatic heterocycles. The number of halogens is 3. The van der Waals surface area contributed by atoms with Crippen LogP contribution >= 0.6 is 0 Å². The fourth-order valence-electron chi connectivity index (χ4n) is 3.76. The van der Waals surface area contributed by atoms with Crippen LogP contribution in [0.1, 0.15) is 28.8 Å². The minimum atomic E-state index is -0.975. The van der Waals surface area contributed by atoms with E-state index in [1.165, 1.54) is 48.5 Å². The van der Waals surface area contributed by atoms with Crippen LogP contribution in [0.15, 0.2) is 91.5 Å². The van der Waals surface area contributed by atoms with Gasteiger partial charge < -0.3 is 9.47 Å². The molecule has 0 saturated heterocycles. The van der Waals surface area contributed by atoms with Gasteiger partial charge in [0.15, 0.2) is 11.6 Å². The minimum Gasteiger partial charge on any atom is -0.493 e. The van der Waals surface area contributed by atoms with E-state index in [1.54, 1.807) is 18.2 Å². The number of allylic oxidation sites excluding steroid dienone is 1. The quantitative estimate of drug-likeness (QED) is 0.0999. The molecule has 0 saturated carbocycles. The van der Waals surface area contributed by atoms with E-state index in [0.29, 0.717) is 23.5 Å². The summed E-state index contributed by atoms with van der Waals surface area (Å²) in [5.74, 6) is -3.13. The topological polar surface area (TPSA) is 35.5 Å². The van der Waals surface area contributed by atoms with Crippen molar-refractivity contribution in [2.24, 2.45) is 0 Å². The average Bonchev–Trinajstić information content (AvgIpc) is 2.89. The lowest BCUT2D eigenvalue weighted by Crippen LogP contribution is -2.11. The number of ether oxygens (including phenoxy) is 2. The second-order valence-corrected chi connectivity index (χ2v) is 8.49. The SMILES string of the molecule is C=CCCCOc1ccc(C(=O)Oc2ccc(-c3ccc(-c4ccc(C)cc4)c(F)c3F)cc2)c(F)c1. The Bertz CT molecular complexity index is 1410. The third-order valence-electron chi connectivity index (χ3n) is 5.80. The van der Waals surface area contributed by atoms with Crippen LogP contribution in [-0.2, 0) is 0 Å². The molecule has 0 fully saturated rings. The third kappa shape index (κ3) is 6.09. The van der Waals surface area contributed by atoms with E-state index < -0.39 is 23.4 Å². The Balaban J connectivity index is 1.46. The highest BCUT2D eigenvalue weighted by molar-refractivity contribution is 5.91. The first-order chi connectivity index (χ1) is 17.9. The number of carbonyl (C=O) groups is 1. The van der Waals surface area contributed by atoms with Crippen molar-refractivity contribution < 1.29 is 27.4 Å². The van der Waals surface area contributed by atoms with Crippen LogP contribution in [0.4, 0.5) is 13.2 Å². The highest BCUT2D eigenvalue weighted by atomic mass is 19.2. The van der Waals surface area contributed by atoms with Crippen LogP contribution < -0.4 is 9.47 Å². The lowest BCUT2D eigenvalue weighted by molar-refractivity contribution is 0.0730. The lowest BCUT2D eigenvalue weighted by atomic mass is 9.98. The predicted octanol–water partition coefficient (Wildman–Crippen LogP) is 8.31. The number of aryl methyl sites for hydroxylation is 1. The van der Waals surface area contributed by atoms with Crippen molar-refractivity contribution in [3.8, 4) is 33.8 Å². The van der Waals surface area contributed by atoms with Gasteiger partial charge in [-0.1, -0.05) is 60.2 Å². The smallest absolute Gasteiger partial charge is 0.346 e. The molecule has 0 unspecified atom stereocenters. The molecule has 0 amide bonds. The molecule has 188 valence electrons. The molecular formula is C31H25F3O3. The van der Waals surface area contributed by atoms with Crippen LogP contribution in [0, 0.1) is 24.4 Å².